The Morgan fingerprint density at radius 2 is 1.94 bits per heavy atom. The summed E-state index contributed by atoms with van der Waals surface area (Å²) in [7, 11) is 0. The minimum atomic E-state index is -0.193. The summed E-state index contributed by atoms with van der Waals surface area (Å²) in [6.45, 7) is 2.25. The van der Waals surface area contributed by atoms with Crippen molar-refractivity contribution in [1.29, 1.82) is 5.26 Å². The lowest BCUT2D eigenvalue weighted by atomic mass is 10.1. The first-order valence-electron chi connectivity index (χ1n) is 9.78. The molecule has 1 N–H and O–H groups in total. The van der Waals surface area contributed by atoms with E-state index < -0.39 is 0 Å². The lowest BCUT2D eigenvalue weighted by Gasteiger charge is -2.07. The first-order chi connectivity index (χ1) is 15.5. The van der Waals surface area contributed by atoms with Crippen LogP contribution in [0, 0.1) is 18.3 Å². The van der Waals surface area contributed by atoms with Crippen LogP contribution in [0.2, 0.25) is 5.02 Å². The van der Waals surface area contributed by atoms with Crippen LogP contribution in [0.3, 0.4) is 0 Å². The van der Waals surface area contributed by atoms with Crippen LogP contribution in [0.5, 0.6) is 5.75 Å². The van der Waals surface area contributed by atoms with Gasteiger partial charge in [0.2, 0.25) is 0 Å². The van der Waals surface area contributed by atoms with Gasteiger partial charge in [0.15, 0.2) is 5.17 Å². The molecule has 3 aromatic rings. The smallest absolute Gasteiger partial charge is 0.264 e. The van der Waals surface area contributed by atoms with Gasteiger partial charge in [-0.2, -0.15) is 5.26 Å². The number of amidine groups is 1. The van der Waals surface area contributed by atoms with Gasteiger partial charge in [-0.25, -0.2) is 4.99 Å². The number of nitrogens with one attached hydrogen (secondary N) is 1. The van der Waals surface area contributed by atoms with Crippen LogP contribution in [0.15, 0.2) is 76.6 Å². The van der Waals surface area contributed by atoms with Gasteiger partial charge in [-0.15, -0.1) is 0 Å². The second-order valence-corrected chi connectivity index (χ2v) is 8.51. The molecule has 1 fully saturated rings. The summed E-state index contributed by atoms with van der Waals surface area (Å²) in [5.74, 6) is 0.490. The Labute approximate surface area is 195 Å². The Morgan fingerprint density at radius 1 is 1.16 bits per heavy atom. The molecule has 1 heterocycles. The normalized spacial score (nSPS) is 15.6. The number of benzene rings is 3. The molecular weight excluding hydrogens is 442 g/mol. The highest BCUT2D eigenvalue weighted by atomic mass is 35.5. The minimum absolute atomic E-state index is 0.193. The quantitative estimate of drug-likeness (QED) is 0.475. The lowest BCUT2D eigenvalue weighted by molar-refractivity contribution is -0.115. The number of hydrogen-bond donors (Lipinski definition) is 1. The fourth-order valence-corrected chi connectivity index (χ4v) is 4.02. The van der Waals surface area contributed by atoms with Gasteiger partial charge in [0.25, 0.3) is 5.91 Å². The molecule has 0 aliphatic carbocycles. The molecule has 3 aromatic carbocycles. The molecule has 0 spiro atoms. The Balaban J connectivity index is 1.44. The van der Waals surface area contributed by atoms with Gasteiger partial charge in [-0.3, -0.25) is 4.79 Å². The molecule has 0 unspecified atom stereocenters. The molecule has 1 aliphatic rings. The number of aryl methyl sites for hydroxylation is 1. The zero-order valence-electron chi connectivity index (χ0n) is 17.1. The van der Waals surface area contributed by atoms with E-state index in [1.807, 2.05) is 67.6 Å². The van der Waals surface area contributed by atoms with Gasteiger partial charge in [-0.05, 0) is 66.2 Å². The van der Waals surface area contributed by atoms with Gasteiger partial charge in [0.05, 0.1) is 22.2 Å². The first kappa shape index (κ1) is 21.7. The highest BCUT2D eigenvalue weighted by Crippen LogP contribution is 2.30. The number of nitriles is 1. The van der Waals surface area contributed by atoms with Crippen molar-refractivity contribution in [3.63, 3.8) is 0 Å². The number of nitrogens with zero attached hydrogens (tertiary/aromatic N) is 2. The van der Waals surface area contributed by atoms with E-state index in [0.717, 1.165) is 22.4 Å². The molecule has 0 radical (unpaired) electrons. The van der Waals surface area contributed by atoms with E-state index in [1.54, 1.807) is 12.1 Å². The highest BCUT2D eigenvalue weighted by Gasteiger charge is 2.24. The van der Waals surface area contributed by atoms with Crippen LogP contribution in [0.25, 0.3) is 6.08 Å². The fraction of sp³-hybridized carbons (Fsp3) is 0.0800. The van der Waals surface area contributed by atoms with Crippen molar-refractivity contribution in [2.45, 2.75) is 13.5 Å². The fourth-order valence-electron chi connectivity index (χ4n) is 3.02. The number of hydrogen-bond acceptors (Lipinski definition) is 5. The van der Waals surface area contributed by atoms with Gasteiger partial charge in [0, 0.05) is 10.6 Å². The first-order valence-corrected chi connectivity index (χ1v) is 11.0. The highest BCUT2D eigenvalue weighted by molar-refractivity contribution is 8.18. The third kappa shape index (κ3) is 5.20. The van der Waals surface area contributed by atoms with E-state index in [0.29, 0.717) is 33.0 Å². The summed E-state index contributed by atoms with van der Waals surface area (Å²) in [6.07, 6.45) is 1.81. The molecule has 0 aromatic heterocycles. The molecule has 1 saturated heterocycles. The number of aliphatic imine (C=N–C) groups is 1. The Morgan fingerprint density at radius 3 is 2.72 bits per heavy atom. The number of ether oxygens (including phenoxy) is 1. The molecule has 1 amide bonds. The number of halogens is 1. The Bertz CT molecular complexity index is 1280. The number of carbonyl (C=O) groups excluding carboxylic acids is 1. The van der Waals surface area contributed by atoms with Gasteiger partial charge < -0.3 is 10.1 Å². The van der Waals surface area contributed by atoms with Crippen molar-refractivity contribution in [3.8, 4) is 11.8 Å². The van der Waals surface area contributed by atoms with Crippen molar-refractivity contribution in [3.05, 3.63) is 98.9 Å². The number of thioether (sulfide) groups is 1. The van der Waals surface area contributed by atoms with Crippen LogP contribution in [-0.2, 0) is 11.4 Å². The molecule has 1 aliphatic heterocycles. The largest absolute Gasteiger partial charge is 0.489 e. The van der Waals surface area contributed by atoms with Gasteiger partial charge >= 0.3 is 0 Å². The van der Waals surface area contributed by atoms with Crippen molar-refractivity contribution < 1.29 is 9.53 Å². The summed E-state index contributed by atoms with van der Waals surface area (Å²) in [4.78, 5) is 17.4. The zero-order chi connectivity index (χ0) is 22.5. The summed E-state index contributed by atoms with van der Waals surface area (Å²) in [5, 5.41) is 13.1. The van der Waals surface area contributed by atoms with Crippen molar-refractivity contribution >= 4 is 46.2 Å². The maximum absolute atomic E-state index is 12.4. The van der Waals surface area contributed by atoms with Crippen LogP contribution in [-0.4, -0.2) is 11.1 Å². The minimum Gasteiger partial charge on any atom is -0.489 e. The monoisotopic (exact) mass is 459 g/mol. The standard InChI is InChI=1S/C25H18ClN3O2S/c1-16-6-9-20(26)13-22(16)28-25-29-24(30)23(32-25)12-17-7-10-21(11-8-17)31-15-19-5-3-2-4-18(19)14-27/h2-13H,15H2,1H3,(H,28,29,30)/b23-12-. The Kier molecular flexibility index (Phi) is 6.60. The molecule has 4 rings (SSSR count). The van der Waals surface area contributed by atoms with Gasteiger partial charge in [-0.1, -0.05) is 48.0 Å². The predicted octanol–water partition coefficient (Wildman–Crippen LogP) is 5.99. The van der Waals surface area contributed by atoms with E-state index in [4.69, 9.17) is 16.3 Å². The van der Waals surface area contributed by atoms with E-state index in [2.05, 4.69) is 16.4 Å². The van der Waals surface area contributed by atoms with Gasteiger partial charge in [0.1, 0.15) is 12.4 Å². The Hall–Kier alpha value is -3.53. The van der Waals surface area contributed by atoms with Crippen molar-refractivity contribution in [2.75, 3.05) is 0 Å². The van der Waals surface area contributed by atoms with E-state index in [9.17, 15) is 10.1 Å². The average Bonchev–Trinajstić information content (AvgIpc) is 3.14. The lowest BCUT2D eigenvalue weighted by Crippen LogP contribution is -2.19. The molecule has 7 heteroatoms. The van der Waals surface area contributed by atoms with Crippen LogP contribution < -0.4 is 10.1 Å². The molecule has 158 valence electrons. The topological polar surface area (TPSA) is 74.5 Å². The van der Waals surface area contributed by atoms with Crippen LogP contribution >= 0.6 is 23.4 Å². The van der Waals surface area contributed by atoms with Crippen molar-refractivity contribution in [1.82, 2.24) is 5.32 Å². The summed E-state index contributed by atoms with van der Waals surface area (Å²) in [6, 6.07) is 22.4. The molecule has 0 atom stereocenters. The SMILES string of the molecule is Cc1ccc(Cl)cc1N=C1NC(=O)/C(=C/c2ccc(OCc3ccccc3C#N)cc2)S1. The van der Waals surface area contributed by atoms with E-state index in [1.165, 1.54) is 11.8 Å². The summed E-state index contributed by atoms with van der Waals surface area (Å²) >= 11 is 7.34. The second-order valence-electron chi connectivity index (χ2n) is 7.04. The maximum atomic E-state index is 12.4. The predicted molar refractivity (Wildman–Crippen MR) is 129 cm³/mol. The number of rotatable bonds is 5. The third-order valence-corrected chi connectivity index (χ3v) is 5.90. The second kappa shape index (κ2) is 9.73. The van der Waals surface area contributed by atoms with E-state index >= 15 is 0 Å². The average molecular weight is 460 g/mol. The van der Waals surface area contributed by atoms with Crippen molar-refractivity contribution in [2.24, 2.45) is 4.99 Å². The third-order valence-electron chi connectivity index (χ3n) is 4.75. The zero-order valence-corrected chi connectivity index (χ0v) is 18.7. The summed E-state index contributed by atoms with van der Waals surface area (Å²) < 4.78 is 5.80. The molecule has 5 nitrogen and oxygen atoms in total. The molecular formula is C25H18ClN3O2S. The maximum Gasteiger partial charge on any atom is 0.264 e. The molecule has 32 heavy (non-hydrogen) atoms. The van der Waals surface area contributed by atoms with Crippen LogP contribution in [0.1, 0.15) is 22.3 Å². The molecule has 0 saturated carbocycles. The van der Waals surface area contributed by atoms with Crippen LogP contribution in [0.4, 0.5) is 5.69 Å². The summed E-state index contributed by atoms with van der Waals surface area (Å²) in [5.41, 5.74) is 4.00. The number of amides is 1. The number of carbonyl (C=O) groups is 1. The van der Waals surface area contributed by atoms with E-state index in [-0.39, 0.29) is 5.91 Å². The molecule has 0 bridgehead atoms.